The minimum Gasteiger partial charge on any atom is -0.494 e. The molecule has 108 valence electrons. The van der Waals surface area contributed by atoms with Gasteiger partial charge in [-0.25, -0.2) is 0 Å². The van der Waals surface area contributed by atoms with E-state index < -0.39 is 0 Å². The van der Waals surface area contributed by atoms with E-state index in [0.29, 0.717) is 30.9 Å². The highest BCUT2D eigenvalue weighted by Gasteiger charge is 2.19. The molecular weight excluding hydrogens is 254 g/mol. The molecule has 1 saturated heterocycles. The monoisotopic (exact) mass is 275 g/mol. The normalized spacial score (nSPS) is 18.7. The Kier molecular flexibility index (Phi) is 4.21. The van der Waals surface area contributed by atoms with Crippen molar-refractivity contribution in [1.29, 1.82) is 0 Å². The van der Waals surface area contributed by atoms with Gasteiger partial charge in [0.1, 0.15) is 11.5 Å². The molecule has 0 unspecified atom stereocenters. The van der Waals surface area contributed by atoms with E-state index in [4.69, 9.17) is 9.47 Å². The molecule has 0 aromatic heterocycles. The van der Waals surface area contributed by atoms with E-state index in [1.807, 2.05) is 18.2 Å². The van der Waals surface area contributed by atoms with Crippen LogP contribution in [0.3, 0.4) is 0 Å². The molecule has 2 aliphatic heterocycles. The number of Topliss-reactive ketones (excluding diaryl/α,β-unsaturated/α-hetero) is 1. The van der Waals surface area contributed by atoms with Gasteiger partial charge in [-0.2, -0.15) is 0 Å². The first-order valence-electron chi connectivity index (χ1n) is 7.48. The van der Waals surface area contributed by atoms with E-state index in [1.54, 1.807) is 0 Å². The number of benzene rings is 1. The highest BCUT2D eigenvalue weighted by molar-refractivity contribution is 5.99. The Labute approximate surface area is 119 Å². The van der Waals surface area contributed by atoms with E-state index in [1.165, 1.54) is 25.9 Å². The maximum atomic E-state index is 11.8. The summed E-state index contributed by atoms with van der Waals surface area (Å²) < 4.78 is 11.2. The van der Waals surface area contributed by atoms with Crippen LogP contribution in [-0.2, 0) is 0 Å². The molecule has 0 amide bonds. The molecule has 1 aromatic rings. The predicted octanol–water partition coefficient (Wildman–Crippen LogP) is 2.52. The smallest absolute Gasteiger partial charge is 0.170 e. The van der Waals surface area contributed by atoms with Crippen molar-refractivity contribution in [3.63, 3.8) is 0 Å². The lowest BCUT2D eigenvalue weighted by atomic mass is 10.0. The maximum Gasteiger partial charge on any atom is 0.170 e. The van der Waals surface area contributed by atoms with Crippen LogP contribution in [0.25, 0.3) is 0 Å². The lowest BCUT2D eigenvalue weighted by molar-refractivity contribution is 0.0932. The van der Waals surface area contributed by atoms with Crippen LogP contribution in [0.5, 0.6) is 11.5 Å². The van der Waals surface area contributed by atoms with E-state index in [9.17, 15) is 4.79 Å². The molecule has 1 fully saturated rings. The molecule has 20 heavy (non-hydrogen) atoms. The van der Waals surface area contributed by atoms with E-state index in [0.717, 1.165) is 18.7 Å². The Balaban J connectivity index is 1.50. The van der Waals surface area contributed by atoms with Crippen molar-refractivity contribution >= 4 is 5.78 Å². The van der Waals surface area contributed by atoms with Gasteiger partial charge in [0.05, 0.1) is 18.8 Å². The second-order valence-electron chi connectivity index (χ2n) is 5.43. The van der Waals surface area contributed by atoms with Gasteiger partial charge in [-0.1, -0.05) is 0 Å². The number of hydrogen-bond donors (Lipinski definition) is 0. The first-order chi connectivity index (χ1) is 9.83. The molecular formula is C16H21NO3. The Morgan fingerprint density at radius 1 is 1.25 bits per heavy atom. The third kappa shape index (κ3) is 3.12. The zero-order valence-corrected chi connectivity index (χ0v) is 11.8. The summed E-state index contributed by atoms with van der Waals surface area (Å²) >= 11 is 0. The predicted molar refractivity (Wildman–Crippen MR) is 76.7 cm³/mol. The Morgan fingerprint density at radius 2 is 2.10 bits per heavy atom. The lowest BCUT2D eigenvalue weighted by Crippen LogP contribution is -2.22. The zero-order valence-electron chi connectivity index (χ0n) is 11.8. The summed E-state index contributed by atoms with van der Waals surface area (Å²) in [5.41, 5.74) is 0.660. The fourth-order valence-corrected chi connectivity index (χ4v) is 2.82. The number of rotatable bonds is 5. The molecule has 4 nitrogen and oxygen atoms in total. The third-order valence-corrected chi connectivity index (χ3v) is 3.92. The van der Waals surface area contributed by atoms with E-state index in [2.05, 4.69) is 4.90 Å². The van der Waals surface area contributed by atoms with E-state index >= 15 is 0 Å². The minimum atomic E-state index is 0.147. The first kappa shape index (κ1) is 13.4. The molecule has 0 N–H and O–H groups in total. The van der Waals surface area contributed by atoms with Crippen molar-refractivity contribution in [1.82, 2.24) is 4.90 Å². The fraction of sp³-hybridized carbons (Fsp3) is 0.562. The standard InChI is InChI=1S/C16H21NO3/c18-15-6-11-20-16-5-4-13(12-14(15)16)19-10-3-9-17-7-1-2-8-17/h4-5,12H,1-3,6-11H2. The van der Waals surface area contributed by atoms with Gasteiger partial charge in [0.25, 0.3) is 0 Å². The summed E-state index contributed by atoms with van der Waals surface area (Å²) in [6, 6.07) is 5.53. The van der Waals surface area contributed by atoms with Crippen LogP contribution < -0.4 is 9.47 Å². The average molecular weight is 275 g/mol. The second-order valence-corrected chi connectivity index (χ2v) is 5.43. The molecule has 0 atom stereocenters. The van der Waals surface area contributed by atoms with Crippen LogP contribution >= 0.6 is 0 Å². The van der Waals surface area contributed by atoms with Gasteiger partial charge in [0.2, 0.25) is 0 Å². The zero-order chi connectivity index (χ0) is 13.8. The number of ketones is 1. The first-order valence-corrected chi connectivity index (χ1v) is 7.48. The van der Waals surface area contributed by atoms with Crippen molar-refractivity contribution in [2.75, 3.05) is 32.8 Å². The van der Waals surface area contributed by atoms with Gasteiger partial charge < -0.3 is 14.4 Å². The summed E-state index contributed by atoms with van der Waals surface area (Å²) in [4.78, 5) is 14.3. The van der Waals surface area contributed by atoms with Crippen molar-refractivity contribution in [2.24, 2.45) is 0 Å². The third-order valence-electron chi connectivity index (χ3n) is 3.92. The highest BCUT2D eigenvalue weighted by Crippen LogP contribution is 2.28. The van der Waals surface area contributed by atoms with Gasteiger partial charge >= 0.3 is 0 Å². The SMILES string of the molecule is O=C1CCOc2ccc(OCCCN3CCCC3)cc21. The number of carbonyl (C=O) groups is 1. The van der Waals surface area contributed by atoms with Crippen LogP contribution in [0.2, 0.25) is 0 Å². The number of fused-ring (bicyclic) bond motifs is 1. The molecule has 1 aromatic carbocycles. The molecule has 0 saturated carbocycles. The van der Waals surface area contributed by atoms with Gasteiger partial charge in [-0.3, -0.25) is 4.79 Å². The number of carbonyl (C=O) groups excluding carboxylic acids is 1. The number of ether oxygens (including phenoxy) is 2. The molecule has 0 bridgehead atoms. The van der Waals surface area contributed by atoms with Crippen LogP contribution in [0.4, 0.5) is 0 Å². The summed E-state index contributed by atoms with van der Waals surface area (Å²) in [6.45, 7) is 4.74. The summed E-state index contributed by atoms with van der Waals surface area (Å²) in [6.07, 6.45) is 4.15. The molecule has 4 heteroatoms. The summed E-state index contributed by atoms with van der Waals surface area (Å²) in [5.74, 6) is 1.60. The minimum absolute atomic E-state index is 0.147. The van der Waals surface area contributed by atoms with Crippen LogP contribution in [0.1, 0.15) is 36.0 Å². The Morgan fingerprint density at radius 3 is 2.95 bits per heavy atom. The number of hydrogen-bond acceptors (Lipinski definition) is 4. The molecule has 2 heterocycles. The number of likely N-dealkylation sites (tertiary alicyclic amines) is 1. The Hall–Kier alpha value is -1.55. The quantitative estimate of drug-likeness (QED) is 0.774. The average Bonchev–Trinajstić information content (AvgIpc) is 2.98. The number of nitrogens with zero attached hydrogens (tertiary/aromatic N) is 1. The van der Waals surface area contributed by atoms with Crippen molar-refractivity contribution < 1.29 is 14.3 Å². The van der Waals surface area contributed by atoms with Crippen LogP contribution in [-0.4, -0.2) is 43.5 Å². The molecule has 2 aliphatic rings. The van der Waals surface area contributed by atoms with Gasteiger partial charge in [-0.15, -0.1) is 0 Å². The van der Waals surface area contributed by atoms with Crippen molar-refractivity contribution in [3.8, 4) is 11.5 Å². The van der Waals surface area contributed by atoms with Crippen LogP contribution in [0, 0.1) is 0 Å². The molecule has 3 rings (SSSR count). The maximum absolute atomic E-state index is 11.8. The van der Waals surface area contributed by atoms with E-state index in [-0.39, 0.29) is 5.78 Å². The largest absolute Gasteiger partial charge is 0.494 e. The van der Waals surface area contributed by atoms with Crippen LogP contribution in [0.15, 0.2) is 18.2 Å². The highest BCUT2D eigenvalue weighted by atomic mass is 16.5. The molecule has 0 spiro atoms. The van der Waals surface area contributed by atoms with Gasteiger partial charge in [0, 0.05) is 13.0 Å². The Bertz CT molecular complexity index is 481. The van der Waals surface area contributed by atoms with Gasteiger partial charge in [0.15, 0.2) is 5.78 Å². The molecule has 0 radical (unpaired) electrons. The van der Waals surface area contributed by atoms with Crippen molar-refractivity contribution in [2.45, 2.75) is 25.7 Å². The topological polar surface area (TPSA) is 38.8 Å². The molecule has 0 aliphatic carbocycles. The van der Waals surface area contributed by atoms with Gasteiger partial charge in [-0.05, 0) is 50.6 Å². The summed E-state index contributed by atoms with van der Waals surface area (Å²) in [5, 5.41) is 0. The second kappa shape index (κ2) is 6.27. The fourth-order valence-electron chi connectivity index (χ4n) is 2.82. The lowest BCUT2D eigenvalue weighted by Gasteiger charge is -2.17. The van der Waals surface area contributed by atoms with Crippen molar-refractivity contribution in [3.05, 3.63) is 23.8 Å². The summed E-state index contributed by atoms with van der Waals surface area (Å²) in [7, 11) is 0.